The minimum absolute atomic E-state index is 0.0189. The molecule has 0 bridgehead atoms. The van der Waals surface area contributed by atoms with Crippen molar-refractivity contribution >= 4 is 28.8 Å². The fourth-order valence-electron chi connectivity index (χ4n) is 2.38. The molecule has 0 heterocycles. The number of thiocarbonyl (C=S) groups is 1. The monoisotopic (exact) mass is 372 g/mol. The molecule has 0 aliphatic heterocycles. The van der Waals surface area contributed by atoms with Gasteiger partial charge < -0.3 is 20.1 Å². The van der Waals surface area contributed by atoms with Crippen LogP contribution in [-0.2, 0) is 6.54 Å². The third-order valence-corrected chi connectivity index (χ3v) is 3.83. The van der Waals surface area contributed by atoms with Crippen LogP contribution in [-0.4, -0.2) is 24.1 Å². The van der Waals surface area contributed by atoms with Crippen molar-refractivity contribution in [3.63, 3.8) is 0 Å². The van der Waals surface area contributed by atoms with E-state index in [9.17, 15) is 4.79 Å². The lowest BCUT2D eigenvalue weighted by atomic mass is 10.1. The molecule has 0 spiro atoms. The number of anilines is 1. The molecular formula is C20H24N2O3S. The van der Waals surface area contributed by atoms with E-state index in [1.54, 1.807) is 12.1 Å². The second-order valence-corrected chi connectivity index (χ2v) is 6.00. The van der Waals surface area contributed by atoms with Crippen LogP contribution in [0.4, 0.5) is 5.69 Å². The molecule has 2 aromatic rings. The molecule has 0 unspecified atom stereocenters. The number of carbonyl (C=O) groups excluding carboxylic acids is 1. The van der Waals surface area contributed by atoms with Gasteiger partial charge in [-0.25, -0.2) is 0 Å². The van der Waals surface area contributed by atoms with Crippen LogP contribution in [0, 0.1) is 0 Å². The lowest BCUT2D eigenvalue weighted by Crippen LogP contribution is -2.27. The van der Waals surface area contributed by atoms with E-state index < -0.39 is 0 Å². The minimum Gasteiger partial charge on any atom is -0.490 e. The molecule has 0 amide bonds. The average Bonchev–Trinajstić information content (AvgIpc) is 2.62. The van der Waals surface area contributed by atoms with Crippen molar-refractivity contribution in [1.82, 2.24) is 5.32 Å². The van der Waals surface area contributed by atoms with Crippen LogP contribution in [0.3, 0.4) is 0 Å². The summed E-state index contributed by atoms with van der Waals surface area (Å²) in [6, 6.07) is 13.1. The number of hydrogen-bond acceptors (Lipinski definition) is 4. The Hall–Kier alpha value is -2.60. The van der Waals surface area contributed by atoms with E-state index in [0.717, 1.165) is 22.7 Å². The van der Waals surface area contributed by atoms with Crippen molar-refractivity contribution in [2.45, 2.75) is 27.3 Å². The van der Waals surface area contributed by atoms with Crippen LogP contribution in [0.2, 0.25) is 0 Å². The SMILES string of the molecule is CCOc1ccc(CNC(=S)Nc2cccc(C(C)=O)c2)cc1OCC. The van der Waals surface area contributed by atoms with Crippen LogP contribution in [0.1, 0.15) is 36.7 Å². The maximum absolute atomic E-state index is 11.5. The highest BCUT2D eigenvalue weighted by molar-refractivity contribution is 7.80. The second-order valence-electron chi connectivity index (χ2n) is 5.59. The van der Waals surface area contributed by atoms with E-state index in [2.05, 4.69) is 10.6 Å². The summed E-state index contributed by atoms with van der Waals surface area (Å²) in [6.45, 7) is 7.13. The van der Waals surface area contributed by atoms with E-state index in [1.807, 2.05) is 44.2 Å². The number of nitrogens with one attached hydrogen (secondary N) is 2. The number of Topliss-reactive ketones (excluding diaryl/α,β-unsaturated/α-hetero) is 1. The third-order valence-electron chi connectivity index (χ3n) is 3.59. The number of hydrogen-bond donors (Lipinski definition) is 2. The van der Waals surface area contributed by atoms with Crippen LogP contribution in [0.5, 0.6) is 11.5 Å². The summed E-state index contributed by atoms with van der Waals surface area (Å²) in [4.78, 5) is 11.5. The number of ketones is 1. The molecular weight excluding hydrogens is 348 g/mol. The first-order chi connectivity index (χ1) is 12.5. The van der Waals surface area contributed by atoms with Gasteiger partial charge in [0.05, 0.1) is 13.2 Å². The van der Waals surface area contributed by atoms with Crippen molar-refractivity contribution in [1.29, 1.82) is 0 Å². The largest absolute Gasteiger partial charge is 0.490 e. The molecule has 2 aromatic carbocycles. The normalized spacial score (nSPS) is 10.1. The van der Waals surface area contributed by atoms with Crippen LogP contribution >= 0.6 is 12.2 Å². The maximum Gasteiger partial charge on any atom is 0.171 e. The Morgan fingerprint density at radius 2 is 1.77 bits per heavy atom. The van der Waals surface area contributed by atoms with Gasteiger partial charge in [0.1, 0.15) is 0 Å². The first kappa shape index (κ1) is 19.7. The topological polar surface area (TPSA) is 59.6 Å². The molecule has 138 valence electrons. The molecule has 0 radical (unpaired) electrons. The van der Waals surface area contributed by atoms with Crippen molar-refractivity contribution in [3.05, 3.63) is 53.6 Å². The molecule has 0 aliphatic rings. The molecule has 0 saturated carbocycles. The summed E-state index contributed by atoms with van der Waals surface area (Å²) in [5.41, 5.74) is 2.45. The molecule has 6 heteroatoms. The minimum atomic E-state index is 0.0189. The second kappa shape index (κ2) is 9.77. The van der Waals surface area contributed by atoms with Crippen molar-refractivity contribution in [2.75, 3.05) is 18.5 Å². The van der Waals surface area contributed by atoms with Gasteiger partial charge in [-0.05, 0) is 62.8 Å². The predicted octanol–water partition coefficient (Wildman–Crippen LogP) is 4.17. The number of rotatable bonds is 8. The maximum atomic E-state index is 11.5. The van der Waals surface area contributed by atoms with Gasteiger partial charge in [-0.15, -0.1) is 0 Å². The smallest absolute Gasteiger partial charge is 0.171 e. The summed E-state index contributed by atoms with van der Waals surface area (Å²) >= 11 is 5.33. The number of ether oxygens (including phenoxy) is 2. The Labute approximate surface area is 159 Å². The van der Waals surface area contributed by atoms with E-state index in [4.69, 9.17) is 21.7 Å². The van der Waals surface area contributed by atoms with Crippen molar-refractivity contribution in [2.24, 2.45) is 0 Å². The Morgan fingerprint density at radius 3 is 2.46 bits per heavy atom. The van der Waals surface area contributed by atoms with Gasteiger partial charge >= 0.3 is 0 Å². The Morgan fingerprint density at radius 1 is 1.04 bits per heavy atom. The highest BCUT2D eigenvalue weighted by Crippen LogP contribution is 2.28. The van der Waals surface area contributed by atoms with E-state index in [0.29, 0.717) is 30.4 Å². The summed E-state index contributed by atoms with van der Waals surface area (Å²) < 4.78 is 11.2. The van der Waals surface area contributed by atoms with Crippen LogP contribution < -0.4 is 20.1 Å². The van der Waals surface area contributed by atoms with Crippen LogP contribution in [0.15, 0.2) is 42.5 Å². The van der Waals surface area contributed by atoms with E-state index >= 15 is 0 Å². The molecule has 0 saturated heterocycles. The van der Waals surface area contributed by atoms with Gasteiger partial charge in [0.2, 0.25) is 0 Å². The molecule has 0 fully saturated rings. The van der Waals surface area contributed by atoms with Crippen molar-refractivity contribution < 1.29 is 14.3 Å². The van der Waals surface area contributed by atoms with Gasteiger partial charge in [-0.1, -0.05) is 18.2 Å². The highest BCUT2D eigenvalue weighted by Gasteiger charge is 2.07. The lowest BCUT2D eigenvalue weighted by molar-refractivity contribution is 0.101. The summed E-state index contributed by atoms with van der Waals surface area (Å²) in [5.74, 6) is 1.48. The molecule has 26 heavy (non-hydrogen) atoms. The summed E-state index contributed by atoms with van der Waals surface area (Å²) in [6.07, 6.45) is 0. The number of benzene rings is 2. The first-order valence-electron chi connectivity index (χ1n) is 8.57. The molecule has 2 N–H and O–H groups in total. The van der Waals surface area contributed by atoms with Crippen LogP contribution in [0.25, 0.3) is 0 Å². The lowest BCUT2D eigenvalue weighted by Gasteiger charge is -2.14. The molecule has 0 atom stereocenters. The fourth-order valence-corrected chi connectivity index (χ4v) is 2.57. The number of carbonyl (C=O) groups is 1. The molecule has 0 aromatic heterocycles. The van der Waals surface area contributed by atoms with E-state index in [1.165, 1.54) is 6.92 Å². The summed E-state index contributed by atoms with van der Waals surface area (Å²) in [7, 11) is 0. The zero-order chi connectivity index (χ0) is 18.9. The standard InChI is InChI=1S/C20H24N2O3S/c1-4-24-18-10-9-15(11-19(18)25-5-2)13-21-20(26)22-17-8-6-7-16(12-17)14(3)23/h6-12H,4-5,13H2,1-3H3,(H2,21,22,26). The van der Waals surface area contributed by atoms with Gasteiger partial charge in [0, 0.05) is 17.8 Å². The quantitative estimate of drug-likeness (QED) is 0.536. The Kier molecular flexibility index (Phi) is 7.41. The molecule has 5 nitrogen and oxygen atoms in total. The highest BCUT2D eigenvalue weighted by atomic mass is 32.1. The predicted molar refractivity (Wildman–Crippen MR) is 108 cm³/mol. The van der Waals surface area contributed by atoms with Gasteiger partial charge in [0.15, 0.2) is 22.4 Å². The zero-order valence-corrected chi connectivity index (χ0v) is 16.1. The first-order valence-corrected chi connectivity index (χ1v) is 8.98. The Balaban J connectivity index is 1.97. The van der Waals surface area contributed by atoms with E-state index in [-0.39, 0.29) is 5.78 Å². The Bertz CT molecular complexity index is 777. The summed E-state index contributed by atoms with van der Waals surface area (Å²) in [5, 5.41) is 6.73. The fraction of sp³-hybridized carbons (Fsp3) is 0.300. The zero-order valence-electron chi connectivity index (χ0n) is 15.3. The third kappa shape index (κ3) is 5.74. The van der Waals surface area contributed by atoms with Gasteiger partial charge in [-0.3, -0.25) is 4.79 Å². The van der Waals surface area contributed by atoms with Gasteiger partial charge in [-0.2, -0.15) is 0 Å². The van der Waals surface area contributed by atoms with Gasteiger partial charge in [0.25, 0.3) is 0 Å². The molecule has 2 rings (SSSR count). The average molecular weight is 372 g/mol. The molecule has 0 aliphatic carbocycles. The van der Waals surface area contributed by atoms with Crippen molar-refractivity contribution in [3.8, 4) is 11.5 Å².